The van der Waals surface area contributed by atoms with E-state index in [0.717, 1.165) is 27.3 Å². The lowest BCUT2D eigenvalue weighted by atomic mass is 9.83. The molecule has 0 unspecified atom stereocenters. The van der Waals surface area contributed by atoms with Crippen LogP contribution in [0.15, 0.2) is 174 Å². The van der Waals surface area contributed by atoms with Crippen LogP contribution >= 0.6 is 0 Å². The average molecular weight is 626 g/mol. The lowest BCUT2D eigenvalue weighted by Crippen LogP contribution is -1.97. The number of fused-ring (bicyclic) bond motifs is 7. The first-order valence-electron chi connectivity index (χ1n) is 22.9. The zero-order valence-corrected chi connectivity index (χ0v) is 25.1. The summed E-state index contributed by atoms with van der Waals surface area (Å²) in [5.74, 6) is 0. The molecule has 0 bridgehead atoms. The molecule has 1 heterocycles. The molecular formula is C47H30O. The summed E-state index contributed by atoms with van der Waals surface area (Å²) in [6.45, 7) is 0. The molecule has 1 nitrogen and oxygen atoms in total. The van der Waals surface area contributed by atoms with E-state index in [1.807, 2.05) is 72.8 Å². The van der Waals surface area contributed by atoms with Crippen LogP contribution in [-0.4, -0.2) is 0 Å². The normalized spacial score (nSPS) is 16.2. The van der Waals surface area contributed by atoms with Crippen molar-refractivity contribution < 1.29 is 25.0 Å². The smallest absolute Gasteiger partial charge is 0.136 e. The Morgan fingerprint density at radius 3 is 1.77 bits per heavy atom. The fourth-order valence-electron chi connectivity index (χ4n) is 7.07. The van der Waals surface area contributed by atoms with Gasteiger partial charge in [0.25, 0.3) is 0 Å². The van der Waals surface area contributed by atoms with Crippen molar-refractivity contribution in [1.82, 2.24) is 0 Å². The van der Waals surface area contributed by atoms with E-state index < -0.39 is 97.1 Å². The molecule has 0 aliphatic carbocycles. The summed E-state index contributed by atoms with van der Waals surface area (Å²) in [5, 5.41) is 2.15. The topological polar surface area (TPSA) is 13.1 Å². The minimum atomic E-state index is -0.660. The summed E-state index contributed by atoms with van der Waals surface area (Å²) in [4.78, 5) is 0. The Bertz CT molecular complexity index is 3640. The molecule has 0 amide bonds. The Labute approximate surface area is 299 Å². The van der Waals surface area contributed by atoms with Gasteiger partial charge in [0.05, 0.1) is 20.6 Å². The third-order valence-electron chi connectivity index (χ3n) is 9.11. The Kier molecular flexibility index (Phi) is 3.58. The molecule has 0 spiro atoms. The SMILES string of the molecule is [2H]c1c([2H])c([2H])c2c(Cc3c4c([2H])c([2H])c([2H])c([2H])c4c(-c4ccc(-c5cccc6oc7ccccc7c56)c5ccccc45)c4c([2H])c([2H])c([2H])c([2H])c34)c([2H])c([2H])c([2H])c2c1[2H]. The maximum atomic E-state index is 9.49. The van der Waals surface area contributed by atoms with E-state index >= 15 is 0 Å². The standard InChI is InChI=1S/C47H30O/c1-2-16-32-30(13-1)14-11-15-31(32)29-43-35-19-5-7-21-38(35)46(39-22-8-6-20-36(39)43)41-28-27-37(33-17-3-4-18-34(33)41)40-24-12-26-45-47(40)42-23-9-10-25-44(42)48-45/h1-28H,29H2/i1D,2D,5D,6D,7D,8D,11D,13D,14D,15D,16D,19D,20D,21D,22D. The highest BCUT2D eigenvalue weighted by atomic mass is 16.3. The van der Waals surface area contributed by atoms with Gasteiger partial charge in [0.2, 0.25) is 0 Å². The maximum Gasteiger partial charge on any atom is 0.136 e. The summed E-state index contributed by atoms with van der Waals surface area (Å²) in [5.41, 5.74) is 3.33. The molecule has 224 valence electrons. The summed E-state index contributed by atoms with van der Waals surface area (Å²) >= 11 is 0. The second-order valence-corrected chi connectivity index (χ2v) is 11.6. The molecule has 0 fully saturated rings. The van der Waals surface area contributed by atoms with Crippen molar-refractivity contribution in [1.29, 1.82) is 0 Å². The van der Waals surface area contributed by atoms with E-state index in [-0.39, 0.29) is 49.0 Å². The van der Waals surface area contributed by atoms with Crippen LogP contribution in [0.4, 0.5) is 0 Å². The quantitative estimate of drug-likeness (QED) is 0.177. The lowest BCUT2D eigenvalue weighted by Gasteiger charge is -2.20. The summed E-state index contributed by atoms with van der Waals surface area (Å²) < 4.78 is 140. The van der Waals surface area contributed by atoms with Gasteiger partial charge in [-0.2, -0.15) is 0 Å². The third-order valence-corrected chi connectivity index (χ3v) is 9.11. The van der Waals surface area contributed by atoms with Crippen LogP contribution in [0.5, 0.6) is 0 Å². The Balaban J connectivity index is 1.39. The van der Waals surface area contributed by atoms with Crippen molar-refractivity contribution >= 4 is 65.0 Å². The predicted octanol–water partition coefficient (Wildman–Crippen LogP) is 13.1. The van der Waals surface area contributed by atoms with E-state index in [1.54, 1.807) is 6.07 Å². The second-order valence-electron chi connectivity index (χ2n) is 11.6. The minimum absolute atomic E-state index is 0.0680. The van der Waals surface area contributed by atoms with Crippen LogP contribution in [-0.2, 0) is 6.42 Å². The van der Waals surface area contributed by atoms with Crippen LogP contribution in [0, 0.1) is 0 Å². The van der Waals surface area contributed by atoms with Gasteiger partial charge in [0.15, 0.2) is 0 Å². The molecule has 0 N–H and O–H groups in total. The van der Waals surface area contributed by atoms with Crippen molar-refractivity contribution in [2.45, 2.75) is 6.42 Å². The van der Waals surface area contributed by atoms with Gasteiger partial charge in [-0.3, -0.25) is 0 Å². The molecule has 10 rings (SSSR count). The Hall–Kier alpha value is -6.18. The number of rotatable bonds is 4. The largest absolute Gasteiger partial charge is 0.456 e. The van der Waals surface area contributed by atoms with Crippen LogP contribution < -0.4 is 0 Å². The first-order valence-corrected chi connectivity index (χ1v) is 15.4. The van der Waals surface area contributed by atoms with Gasteiger partial charge in [0.1, 0.15) is 11.2 Å². The number of hydrogen-bond acceptors (Lipinski definition) is 1. The first-order chi connectivity index (χ1) is 30.1. The minimum Gasteiger partial charge on any atom is -0.456 e. The molecule has 0 aliphatic heterocycles. The van der Waals surface area contributed by atoms with E-state index in [4.69, 9.17) is 19.5 Å². The van der Waals surface area contributed by atoms with E-state index in [2.05, 4.69) is 0 Å². The molecule has 9 aromatic carbocycles. The summed E-state index contributed by atoms with van der Waals surface area (Å²) in [6.07, 6.45) is -0.566. The molecular weight excluding hydrogens is 581 g/mol. The number of benzene rings is 9. The van der Waals surface area contributed by atoms with Gasteiger partial charge in [-0.05, 0) is 95.0 Å². The fraction of sp³-hybridized carbons (Fsp3) is 0.0213. The fourth-order valence-corrected chi connectivity index (χ4v) is 7.07. The molecule has 0 aliphatic rings. The molecule has 0 saturated heterocycles. The molecule has 48 heavy (non-hydrogen) atoms. The first kappa shape index (κ1) is 16.1. The zero-order chi connectivity index (χ0) is 44.7. The predicted molar refractivity (Wildman–Crippen MR) is 204 cm³/mol. The van der Waals surface area contributed by atoms with E-state index in [0.29, 0.717) is 22.1 Å². The summed E-state index contributed by atoms with van der Waals surface area (Å²) in [6, 6.07) is 15.6. The van der Waals surface area contributed by atoms with Crippen molar-refractivity contribution in [3.05, 3.63) is 181 Å². The highest BCUT2D eigenvalue weighted by molar-refractivity contribution is 6.21. The lowest BCUT2D eigenvalue weighted by molar-refractivity contribution is 0.669. The molecule has 0 atom stereocenters. The Morgan fingerprint density at radius 2 is 1.00 bits per heavy atom. The van der Waals surface area contributed by atoms with Crippen LogP contribution in [0.2, 0.25) is 0 Å². The van der Waals surface area contributed by atoms with Gasteiger partial charge in [-0.1, -0.05) is 157 Å². The van der Waals surface area contributed by atoms with E-state index in [1.165, 1.54) is 0 Å². The molecule has 0 radical (unpaired) electrons. The van der Waals surface area contributed by atoms with Gasteiger partial charge >= 0.3 is 0 Å². The molecule has 0 saturated carbocycles. The van der Waals surface area contributed by atoms with Gasteiger partial charge < -0.3 is 4.42 Å². The second kappa shape index (κ2) is 10.7. The van der Waals surface area contributed by atoms with Gasteiger partial charge in [-0.25, -0.2) is 0 Å². The highest BCUT2D eigenvalue weighted by Gasteiger charge is 2.20. The van der Waals surface area contributed by atoms with Crippen LogP contribution in [0.3, 0.4) is 0 Å². The Morgan fingerprint density at radius 1 is 0.417 bits per heavy atom. The average Bonchev–Trinajstić information content (AvgIpc) is 3.68. The zero-order valence-electron chi connectivity index (χ0n) is 40.1. The number of para-hydroxylation sites is 1. The van der Waals surface area contributed by atoms with Crippen LogP contribution in [0.1, 0.15) is 31.7 Å². The van der Waals surface area contributed by atoms with Gasteiger partial charge in [-0.15, -0.1) is 0 Å². The molecule has 10 aromatic rings. The molecule has 1 heteroatoms. The maximum absolute atomic E-state index is 9.49. The third kappa shape index (κ3) is 4.04. The highest BCUT2D eigenvalue weighted by Crippen LogP contribution is 2.46. The molecule has 1 aromatic heterocycles. The van der Waals surface area contributed by atoms with Crippen LogP contribution in [0.25, 0.3) is 87.3 Å². The van der Waals surface area contributed by atoms with Gasteiger partial charge in [0, 0.05) is 10.8 Å². The van der Waals surface area contributed by atoms with Crippen molar-refractivity contribution in [3.63, 3.8) is 0 Å². The van der Waals surface area contributed by atoms with E-state index in [9.17, 15) is 5.48 Å². The number of hydrogen-bond donors (Lipinski definition) is 0. The monoisotopic (exact) mass is 625 g/mol. The van der Waals surface area contributed by atoms with Crippen molar-refractivity contribution in [2.24, 2.45) is 0 Å². The number of furan rings is 1. The summed E-state index contributed by atoms with van der Waals surface area (Å²) in [7, 11) is 0. The van der Waals surface area contributed by atoms with Crippen molar-refractivity contribution in [3.8, 4) is 22.3 Å². The van der Waals surface area contributed by atoms with Crippen molar-refractivity contribution in [2.75, 3.05) is 0 Å².